The van der Waals surface area contributed by atoms with Crippen molar-refractivity contribution in [1.29, 1.82) is 0 Å². The van der Waals surface area contributed by atoms with Gasteiger partial charge in [-0.1, -0.05) is 25.8 Å². The van der Waals surface area contributed by atoms with E-state index < -0.39 is 17.6 Å². The summed E-state index contributed by atoms with van der Waals surface area (Å²) in [5.41, 5.74) is 0.326. The smallest absolute Gasteiger partial charge is 0.308 e. The first-order chi connectivity index (χ1) is 8.06. The van der Waals surface area contributed by atoms with Crippen LogP contribution >= 0.6 is 0 Å². The third-order valence-corrected chi connectivity index (χ3v) is 2.43. The van der Waals surface area contributed by atoms with Gasteiger partial charge in [0.15, 0.2) is 11.6 Å². The Hall–Kier alpha value is -1.45. The van der Waals surface area contributed by atoms with Crippen molar-refractivity contribution in [2.24, 2.45) is 0 Å². The van der Waals surface area contributed by atoms with Gasteiger partial charge in [0.25, 0.3) is 0 Å². The molecule has 94 valence electrons. The number of halogens is 2. The lowest BCUT2D eigenvalue weighted by atomic mass is 10.1. The predicted molar refractivity (Wildman–Crippen MR) is 60.9 cm³/mol. The minimum absolute atomic E-state index is 0.326. The SMILES string of the molecule is CCCCCc1ccc(OC(C)=O)c(F)c1F. The Bertz CT molecular complexity index is 403. The maximum absolute atomic E-state index is 13.6. The van der Waals surface area contributed by atoms with Gasteiger partial charge in [0.1, 0.15) is 0 Å². The van der Waals surface area contributed by atoms with Gasteiger partial charge in [0.2, 0.25) is 5.82 Å². The molecule has 4 heteroatoms. The first-order valence-corrected chi connectivity index (χ1v) is 5.71. The first kappa shape index (κ1) is 13.6. The molecule has 0 aromatic heterocycles. The number of esters is 1. The molecule has 0 aliphatic rings. The molecule has 0 N–H and O–H groups in total. The minimum Gasteiger partial charge on any atom is -0.423 e. The topological polar surface area (TPSA) is 26.3 Å². The number of hydrogen-bond donors (Lipinski definition) is 0. The summed E-state index contributed by atoms with van der Waals surface area (Å²) in [6, 6.07) is 2.76. The molecule has 0 saturated heterocycles. The van der Waals surface area contributed by atoms with Gasteiger partial charge >= 0.3 is 5.97 Å². The van der Waals surface area contributed by atoms with Crippen molar-refractivity contribution in [1.82, 2.24) is 0 Å². The minimum atomic E-state index is -1.09. The highest BCUT2D eigenvalue weighted by atomic mass is 19.2. The van der Waals surface area contributed by atoms with Crippen molar-refractivity contribution < 1.29 is 18.3 Å². The third-order valence-electron chi connectivity index (χ3n) is 2.43. The number of carbonyl (C=O) groups excluding carboxylic acids is 1. The van der Waals surface area contributed by atoms with E-state index in [0.717, 1.165) is 26.2 Å². The lowest BCUT2D eigenvalue weighted by Gasteiger charge is -2.07. The third kappa shape index (κ3) is 3.80. The number of benzene rings is 1. The van der Waals surface area contributed by atoms with Crippen molar-refractivity contribution in [2.45, 2.75) is 39.5 Å². The molecule has 0 amide bonds. The highest BCUT2D eigenvalue weighted by Crippen LogP contribution is 2.24. The molecule has 0 unspecified atom stereocenters. The van der Waals surface area contributed by atoms with Crippen LogP contribution in [0.5, 0.6) is 5.75 Å². The van der Waals surface area contributed by atoms with E-state index in [-0.39, 0.29) is 5.75 Å². The molecule has 0 fully saturated rings. The van der Waals surface area contributed by atoms with Crippen molar-refractivity contribution in [2.75, 3.05) is 0 Å². The molecule has 0 heterocycles. The predicted octanol–water partition coefficient (Wildman–Crippen LogP) is 3.62. The quantitative estimate of drug-likeness (QED) is 0.448. The van der Waals surface area contributed by atoms with Crippen LogP contribution in [0.3, 0.4) is 0 Å². The monoisotopic (exact) mass is 242 g/mol. The molecule has 1 aromatic rings. The second-order valence-corrected chi connectivity index (χ2v) is 3.90. The van der Waals surface area contributed by atoms with E-state index in [4.69, 9.17) is 0 Å². The fraction of sp³-hybridized carbons (Fsp3) is 0.462. The number of hydrogen-bond acceptors (Lipinski definition) is 2. The molecule has 1 rings (SSSR count). The van der Waals surface area contributed by atoms with E-state index in [9.17, 15) is 13.6 Å². The van der Waals surface area contributed by atoms with E-state index in [1.807, 2.05) is 6.92 Å². The van der Waals surface area contributed by atoms with Crippen molar-refractivity contribution in [3.8, 4) is 5.75 Å². The van der Waals surface area contributed by atoms with Crippen LogP contribution in [0, 0.1) is 11.6 Å². The van der Waals surface area contributed by atoms with Gasteiger partial charge < -0.3 is 4.74 Å². The van der Waals surface area contributed by atoms with E-state index in [1.165, 1.54) is 12.1 Å². The Morgan fingerprint density at radius 1 is 1.24 bits per heavy atom. The van der Waals surface area contributed by atoms with Gasteiger partial charge in [-0.2, -0.15) is 4.39 Å². The van der Waals surface area contributed by atoms with Crippen LogP contribution < -0.4 is 4.74 Å². The van der Waals surface area contributed by atoms with Crippen LogP contribution in [0.4, 0.5) is 8.78 Å². The summed E-state index contributed by atoms with van der Waals surface area (Å²) < 4.78 is 31.6. The molecule has 0 saturated carbocycles. The number of aryl methyl sites for hydroxylation is 1. The summed E-state index contributed by atoms with van der Waals surface area (Å²) in [7, 11) is 0. The number of carbonyl (C=O) groups is 1. The second kappa shape index (κ2) is 6.33. The van der Waals surface area contributed by atoms with Crippen molar-refractivity contribution in [3.63, 3.8) is 0 Å². The maximum Gasteiger partial charge on any atom is 0.308 e. The Balaban J connectivity index is 2.82. The largest absolute Gasteiger partial charge is 0.423 e. The van der Waals surface area contributed by atoms with Crippen LogP contribution in [-0.4, -0.2) is 5.97 Å². The van der Waals surface area contributed by atoms with Crippen molar-refractivity contribution >= 4 is 5.97 Å². The van der Waals surface area contributed by atoms with Gasteiger partial charge in [0, 0.05) is 6.92 Å². The number of rotatable bonds is 5. The fourth-order valence-corrected chi connectivity index (χ4v) is 1.56. The number of unbranched alkanes of at least 4 members (excludes halogenated alkanes) is 2. The average molecular weight is 242 g/mol. The zero-order valence-corrected chi connectivity index (χ0v) is 10.1. The first-order valence-electron chi connectivity index (χ1n) is 5.71. The molecule has 17 heavy (non-hydrogen) atoms. The standard InChI is InChI=1S/C13H16F2O2/c1-3-4-5-6-10-7-8-11(17-9(2)16)13(15)12(10)14/h7-8H,3-6H2,1-2H3. The van der Waals surface area contributed by atoms with E-state index >= 15 is 0 Å². The molecule has 0 radical (unpaired) electrons. The lowest BCUT2D eigenvalue weighted by Crippen LogP contribution is -2.05. The summed E-state index contributed by atoms with van der Waals surface area (Å²) in [6.45, 7) is 3.19. The Morgan fingerprint density at radius 2 is 1.94 bits per heavy atom. The summed E-state index contributed by atoms with van der Waals surface area (Å²) in [6.07, 6.45) is 3.32. The molecule has 1 aromatic carbocycles. The van der Waals surface area contributed by atoms with Crippen LogP contribution in [0.2, 0.25) is 0 Å². The van der Waals surface area contributed by atoms with Crippen LogP contribution in [0.25, 0.3) is 0 Å². The zero-order valence-electron chi connectivity index (χ0n) is 10.1. The van der Waals surface area contributed by atoms with Crippen LogP contribution in [-0.2, 0) is 11.2 Å². The van der Waals surface area contributed by atoms with E-state index in [0.29, 0.717) is 12.0 Å². The molecule has 2 nitrogen and oxygen atoms in total. The molecule has 0 aliphatic carbocycles. The fourth-order valence-electron chi connectivity index (χ4n) is 1.56. The van der Waals surface area contributed by atoms with Gasteiger partial charge in [-0.15, -0.1) is 0 Å². The van der Waals surface area contributed by atoms with Gasteiger partial charge in [-0.05, 0) is 24.5 Å². The van der Waals surface area contributed by atoms with Crippen molar-refractivity contribution in [3.05, 3.63) is 29.3 Å². The summed E-state index contributed by atoms with van der Waals surface area (Å²) >= 11 is 0. The summed E-state index contributed by atoms with van der Waals surface area (Å²) in [5.74, 6) is -3.02. The highest BCUT2D eigenvalue weighted by molar-refractivity contribution is 5.69. The second-order valence-electron chi connectivity index (χ2n) is 3.90. The summed E-state index contributed by atoms with van der Waals surface area (Å²) in [5, 5.41) is 0. The molecular weight excluding hydrogens is 226 g/mol. The Kier molecular flexibility index (Phi) is 5.07. The highest BCUT2D eigenvalue weighted by Gasteiger charge is 2.15. The van der Waals surface area contributed by atoms with Crippen LogP contribution in [0.1, 0.15) is 38.7 Å². The molecule has 0 aliphatic heterocycles. The van der Waals surface area contributed by atoms with Crippen LogP contribution in [0.15, 0.2) is 12.1 Å². The summed E-state index contributed by atoms with van der Waals surface area (Å²) in [4.78, 5) is 10.7. The van der Waals surface area contributed by atoms with Gasteiger partial charge in [-0.25, -0.2) is 4.39 Å². The zero-order chi connectivity index (χ0) is 12.8. The maximum atomic E-state index is 13.6. The lowest BCUT2D eigenvalue weighted by molar-refractivity contribution is -0.132. The normalized spacial score (nSPS) is 10.4. The van der Waals surface area contributed by atoms with E-state index in [2.05, 4.69) is 4.74 Å². The molecular formula is C13H16F2O2. The van der Waals surface area contributed by atoms with Gasteiger partial charge in [0.05, 0.1) is 0 Å². The Morgan fingerprint density at radius 3 is 2.53 bits per heavy atom. The number of ether oxygens (including phenoxy) is 1. The Labute approximate surface area is 99.6 Å². The molecule has 0 spiro atoms. The van der Waals surface area contributed by atoms with Gasteiger partial charge in [-0.3, -0.25) is 4.79 Å². The molecule has 0 bridgehead atoms. The average Bonchev–Trinajstić information content (AvgIpc) is 2.28. The molecule has 0 atom stereocenters. The van der Waals surface area contributed by atoms with E-state index in [1.54, 1.807) is 0 Å².